The van der Waals surface area contributed by atoms with Crippen LogP contribution in [0, 0.1) is 5.92 Å². The van der Waals surface area contributed by atoms with Crippen molar-refractivity contribution < 1.29 is 9.59 Å². The third-order valence-electron chi connectivity index (χ3n) is 5.13. The van der Waals surface area contributed by atoms with E-state index in [1.165, 1.54) is 17.7 Å². The number of carbonyl (C=O) groups is 2. The van der Waals surface area contributed by atoms with Gasteiger partial charge in [-0.15, -0.1) is 11.3 Å². The molecular weight excluding hydrogens is 308 g/mol. The van der Waals surface area contributed by atoms with Crippen LogP contribution in [0.2, 0.25) is 0 Å². The van der Waals surface area contributed by atoms with E-state index in [2.05, 4.69) is 11.8 Å². The van der Waals surface area contributed by atoms with Crippen molar-refractivity contribution in [2.24, 2.45) is 5.92 Å². The molecule has 2 aliphatic rings. The molecule has 0 spiro atoms. The van der Waals surface area contributed by atoms with Crippen molar-refractivity contribution in [2.45, 2.75) is 51.5 Å². The fourth-order valence-corrected chi connectivity index (χ4v) is 4.68. The zero-order valence-electron chi connectivity index (χ0n) is 14.1. The number of hydrogen-bond donors (Lipinski definition) is 0. The number of likely N-dealkylation sites (tertiary alicyclic amines) is 1. The van der Waals surface area contributed by atoms with E-state index in [9.17, 15) is 9.59 Å². The molecule has 126 valence electrons. The van der Waals surface area contributed by atoms with E-state index in [-0.39, 0.29) is 17.7 Å². The quantitative estimate of drug-likeness (QED) is 0.830. The molecule has 1 atom stereocenters. The molecule has 1 aliphatic heterocycles. The second kappa shape index (κ2) is 7.04. The van der Waals surface area contributed by atoms with Gasteiger partial charge in [-0.05, 0) is 25.3 Å². The lowest BCUT2D eigenvalue weighted by atomic mass is 10.1. The molecule has 3 rings (SSSR count). The van der Waals surface area contributed by atoms with Gasteiger partial charge in [-0.2, -0.15) is 0 Å². The smallest absolute Gasteiger partial charge is 0.254 e. The van der Waals surface area contributed by atoms with Crippen LogP contribution < -0.4 is 0 Å². The number of nitrogens with zero attached hydrogens (tertiary/aromatic N) is 2. The maximum atomic E-state index is 12.5. The van der Waals surface area contributed by atoms with E-state index < -0.39 is 0 Å². The van der Waals surface area contributed by atoms with Crippen LogP contribution >= 0.6 is 11.3 Å². The Bertz CT molecular complexity index is 577. The Hall–Kier alpha value is -1.36. The van der Waals surface area contributed by atoms with Gasteiger partial charge in [0.05, 0.1) is 5.56 Å². The number of amides is 2. The number of thiophene rings is 1. The molecule has 23 heavy (non-hydrogen) atoms. The van der Waals surface area contributed by atoms with E-state index in [4.69, 9.17) is 0 Å². The van der Waals surface area contributed by atoms with Gasteiger partial charge in [-0.25, -0.2) is 0 Å². The molecule has 0 N–H and O–H groups in total. The highest BCUT2D eigenvalue weighted by Crippen LogP contribution is 2.30. The van der Waals surface area contributed by atoms with Gasteiger partial charge in [0.25, 0.3) is 5.91 Å². The zero-order chi connectivity index (χ0) is 16.4. The lowest BCUT2D eigenvalue weighted by Crippen LogP contribution is -2.36. The summed E-state index contributed by atoms with van der Waals surface area (Å²) in [5.41, 5.74) is 0.784. The van der Waals surface area contributed by atoms with Gasteiger partial charge in [0, 0.05) is 48.8 Å². The summed E-state index contributed by atoms with van der Waals surface area (Å²) in [6.45, 7) is 3.60. The molecule has 1 aliphatic carbocycles. The van der Waals surface area contributed by atoms with Gasteiger partial charge in [0.1, 0.15) is 0 Å². The molecule has 0 bridgehead atoms. The summed E-state index contributed by atoms with van der Waals surface area (Å²) in [6, 6.07) is 2.45. The first-order valence-electron chi connectivity index (χ1n) is 8.70. The summed E-state index contributed by atoms with van der Waals surface area (Å²) in [5, 5.41) is 1.95. The normalized spacial score (nSPS) is 22.1. The summed E-state index contributed by atoms with van der Waals surface area (Å²) in [6.07, 6.45) is 6.36. The third kappa shape index (κ3) is 3.60. The molecule has 0 aromatic carbocycles. The molecule has 1 saturated heterocycles. The monoisotopic (exact) mass is 334 g/mol. The first-order valence-corrected chi connectivity index (χ1v) is 9.58. The Balaban J connectivity index is 1.56. The predicted octanol–water partition coefficient (Wildman–Crippen LogP) is 3.17. The highest BCUT2D eigenvalue weighted by molar-refractivity contribution is 7.10. The molecule has 2 heterocycles. The van der Waals surface area contributed by atoms with E-state index in [0.29, 0.717) is 19.0 Å². The summed E-state index contributed by atoms with van der Waals surface area (Å²) in [7, 11) is 1.86. The fraction of sp³-hybridized carbons (Fsp3) is 0.667. The second-order valence-electron chi connectivity index (χ2n) is 6.90. The first-order chi connectivity index (χ1) is 11.1. The molecule has 2 amide bonds. The molecule has 1 aromatic heterocycles. The van der Waals surface area contributed by atoms with Gasteiger partial charge in [0.15, 0.2) is 0 Å². The minimum absolute atomic E-state index is 0.0766. The van der Waals surface area contributed by atoms with Crippen LogP contribution in [0.15, 0.2) is 11.4 Å². The van der Waals surface area contributed by atoms with Crippen LogP contribution in [-0.2, 0) is 11.2 Å². The maximum Gasteiger partial charge on any atom is 0.254 e. The molecule has 2 fully saturated rings. The molecule has 1 saturated carbocycles. The molecule has 0 radical (unpaired) electrons. The summed E-state index contributed by atoms with van der Waals surface area (Å²) >= 11 is 1.65. The Morgan fingerprint density at radius 1 is 1.39 bits per heavy atom. The fourth-order valence-electron chi connectivity index (χ4n) is 3.87. The molecule has 4 nitrogen and oxygen atoms in total. The van der Waals surface area contributed by atoms with Crippen LogP contribution in [0.3, 0.4) is 0 Å². The lowest BCUT2D eigenvalue weighted by Gasteiger charge is -2.25. The largest absolute Gasteiger partial charge is 0.341 e. The van der Waals surface area contributed by atoms with Crippen LogP contribution in [0.25, 0.3) is 0 Å². The minimum atomic E-state index is 0.0766. The van der Waals surface area contributed by atoms with E-state index >= 15 is 0 Å². The SMILES string of the molecule is CCc1cc(C(=O)N(C)CC2CC(=O)N(C3CCCC3)C2)cs1. The topological polar surface area (TPSA) is 40.6 Å². The lowest BCUT2D eigenvalue weighted by molar-refractivity contribution is -0.129. The average Bonchev–Trinajstić information content (AvgIpc) is 3.26. The van der Waals surface area contributed by atoms with Crippen molar-refractivity contribution >= 4 is 23.2 Å². The van der Waals surface area contributed by atoms with Crippen LogP contribution in [0.5, 0.6) is 0 Å². The highest BCUT2D eigenvalue weighted by Gasteiger charge is 2.36. The van der Waals surface area contributed by atoms with Gasteiger partial charge < -0.3 is 9.80 Å². The van der Waals surface area contributed by atoms with Crippen molar-refractivity contribution in [1.29, 1.82) is 0 Å². The van der Waals surface area contributed by atoms with Crippen LogP contribution in [0.1, 0.15) is 54.3 Å². The average molecular weight is 334 g/mol. The molecule has 5 heteroatoms. The number of carbonyl (C=O) groups excluding carboxylic acids is 2. The number of rotatable bonds is 5. The van der Waals surface area contributed by atoms with Crippen LogP contribution in [-0.4, -0.2) is 47.8 Å². The van der Waals surface area contributed by atoms with E-state index in [1.807, 2.05) is 18.5 Å². The van der Waals surface area contributed by atoms with Gasteiger partial charge in [-0.1, -0.05) is 19.8 Å². The predicted molar refractivity (Wildman–Crippen MR) is 92.7 cm³/mol. The Labute approximate surface area is 142 Å². The van der Waals surface area contributed by atoms with Crippen molar-refractivity contribution in [2.75, 3.05) is 20.1 Å². The standard InChI is InChI=1S/C18H26N2O2S/c1-3-16-9-14(12-23-16)18(22)19(2)10-13-8-17(21)20(11-13)15-6-4-5-7-15/h9,12-13,15H,3-8,10-11H2,1-2H3. The second-order valence-corrected chi connectivity index (χ2v) is 7.89. The summed E-state index contributed by atoms with van der Waals surface area (Å²) in [5.74, 6) is 0.639. The Morgan fingerprint density at radius 3 is 2.78 bits per heavy atom. The van der Waals surface area contributed by atoms with Crippen molar-refractivity contribution in [3.8, 4) is 0 Å². The van der Waals surface area contributed by atoms with Gasteiger partial charge >= 0.3 is 0 Å². The summed E-state index contributed by atoms with van der Waals surface area (Å²) < 4.78 is 0. The van der Waals surface area contributed by atoms with Gasteiger partial charge in [-0.3, -0.25) is 9.59 Å². The van der Waals surface area contributed by atoms with Gasteiger partial charge in [0.2, 0.25) is 5.91 Å². The number of aryl methyl sites for hydroxylation is 1. The number of hydrogen-bond acceptors (Lipinski definition) is 3. The van der Waals surface area contributed by atoms with E-state index in [0.717, 1.165) is 31.4 Å². The first kappa shape index (κ1) is 16.5. The summed E-state index contributed by atoms with van der Waals surface area (Å²) in [4.78, 5) is 29.9. The minimum Gasteiger partial charge on any atom is -0.341 e. The van der Waals surface area contributed by atoms with E-state index in [1.54, 1.807) is 16.2 Å². The third-order valence-corrected chi connectivity index (χ3v) is 6.21. The van der Waals surface area contributed by atoms with Crippen molar-refractivity contribution in [3.05, 3.63) is 21.9 Å². The van der Waals surface area contributed by atoms with Crippen molar-refractivity contribution in [3.63, 3.8) is 0 Å². The molecule has 1 aromatic rings. The zero-order valence-corrected chi connectivity index (χ0v) is 14.9. The van der Waals surface area contributed by atoms with Crippen molar-refractivity contribution in [1.82, 2.24) is 9.80 Å². The molecular formula is C18H26N2O2S. The Kier molecular flexibility index (Phi) is 5.05. The molecule has 1 unspecified atom stereocenters. The Morgan fingerprint density at radius 2 is 2.13 bits per heavy atom. The maximum absolute atomic E-state index is 12.5. The highest BCUT2D eigenvalue weighted by atomic mass is 32.1. The van der Waals surface area contributed by atoms with Crippen LogP contribution in [0.4, 0.5) is 0 Å².